The molecule has 9 heteroatoms. The molecule has 4 rings (SSSR count). The molecule has 0 aliphatic carbocycles. The fraction of sp³-hybridized carbons (Fsp3) is 0.316. The monoisotopic (exact) mass is 388 g/mol. The van der Waals surface area contributed by atoms with Gasteiger partial charge in [0.05, 0.1) is 32.1 Å². The zero-order valence-corrected chi connectivity index (χ0v) is 15.1. The number of hydrogen-bond donors (Lipinski definition) is 0. The molecule has 1 fully saturated rings. The molecule has 0 N–H and O–H groups in total. The highest BCUT2D eigenvalue weighted by molar-refractivity contribution is 5.95. The van der Waals surface area contributed by atoms with Crippen molar-refractivity contribution >= 4 is 17.4 Å². The van der Waals surface area contributed by atoms with E-state index in [1.807, 2.05) is 4.90 Å². The molecule has 1 aliphatic heterocycles. The lowest BCUT2D eigenvalue weighted by molar-refractivity contribution is 0.0528. The first-order valence-electron chi connectivity index (χ1n) is 8.89. The van der Waals surface area contributed by atoms with Gasteiger partial charge < -0.3 is 14.4 Å². The maximum atomic E-state index is 14.4. The topological polar surface area (TPSA) is 69.0 Å². The quantitative estimate of drug-likeness (QED) is 0.641. The van der Waals surface area contributed by atoms with Crippen LogP contribution in [0, 0.1) is 11.6 Å². The van der Waals surface area contributed by atoms with Crippen molar-refractivity contribution in [2.45, 2.75) is 13.0 Å². The molecule has 1 aromatic carbocycles. The number of halogens is 2. The Morgan fingerprint density at radius 1 is 1.36 bits per heavy atom. The second-order valence-corrected chi connectivity index (χ2v) is 6.28. The molecule has 146 valence electrons. The summed E-state index contributed by atoms with van der Waals surface area (Å²) in [5.41, 5.74) is 0.770. The Bertz CT molecular complexity index is 1020. The highest BCUT2D eigenvalue weighted by Crippen LogP contribution is 2.31. The largest absolute Gasteiger partial charge is 0.462 e. The second-order valence-electron chi connectivity index (χ2n) is 6.28. The third kappa shape index (κ3) is 3.29. The average molecular weight is 388 g/mol. The van der Waals surface area contributed by atoms with Crippen molar-refractivity contribution < 1.29 is 23.0 Å². The van der Waals surface area contributed by atoms with Crippen LogP contribution in [-0.2, 0) is 9.47 Å². The van der Waals surface area contributed by atoms with Crippen LogP contribution in [-0.4, -0.2) is 46.9 Å². The van der Waals surface area contributed by atoms with Gasteiger partial charge in [0, 0.05) is 18.3 Å². The van der Waals surface area contributed by atoms with E-state index in [1.54, 1.807) is 19.2 Å². The van der Waals surface area contributed by atoms with E-state index in [4.69, 9.17) is 9.47 Å². The van der Waals surface area contributed by atoms with Crippen molar-refractivity contribution in [3.63, 3.8) is 0 Å². The van der Waals surface area contributed by atoms with Gasteiger partial charge in [-0.15, -0.1) is 0 Å². The summed E-state index contributed by atoms with van der Waals surface area (Å²) >= 11 is 0. The smallest absolute Gasteiger partial charge is 0.343 e. The van der Waals surface area contributed by atoms with E-state index in [2.05, 4.69) is 10.1 Å². The van der Waals surface area contributed by atoms with Gasteiger partial charge in [-0.2, -0.15) is 5.10 Å². The minimum absolute atomic E-state index is 0.192. The standard InChI is InChI=1S/C19H18F2N4O3/c1-2-28-19(26)14-10-22-25-6-5-17(23-18(14)25)24-7-8-27-11-16(24)13-9-12(20)3-4-15(13)21/h3-6,9-10,16H,2,7-8,11H2,1H3. The minimum Gasteiger partial charge on any atom is -0.462 e. The number of benzene rings is 1. The molecule has 0 amide bonds. The summed E-state index contributed by atoms with van der Waals surface area (Å²) < 4.78 is 40.1. The number of nitrogens with zero attached hydrogens (tertiary/aromatic N) is 4. The molecule has 0 radical (unpaired) electrons. The molecule has 1 unspecified atom stereocenters. The lowest BCUT2D eigenvalue weighted by atomic mass is 10.0. The summed E-state index contributed by atoms with van der Waals surface area (Å²) in [6, 6.07) is 4.51. The van der Waals surface area contributed by atoms with Crippen LogP contribution in [0.1, 0.15) is 28.9 Å². The van der Waals surface area contributed by atoms with E-state index < -0.39 is 23.6 Å². The number of rotatable bonds is 4. The van der Waals surface area contributed by atoms with Crippen LogP contribution >= 0.6 is 0 Å². The van der Waals surface area contributed by atoms with E-state index in [0.717, 1.165) is 12.1 Å². The lowest BCUT2D eigenvalue weighted by Crippen LogP contribution is -2.40. The summed E-state index contributed by atoms with van der Waals surface area (Å²) in [7, 11) is 0. The van der Waals surface area contributed by atoms with E-state index in [-0.39, 0.29) is 24.3 Å². The molecular formula is C19H18F2N4O3. The number of anilines is 1. The number of carbonyl (C=O) groups excluding carboxylic acids is 1. The van der Waals surface area contributed by atoms with Gasteiger partial charge in [0.25, 0.3) is 0 Å². The van der Waals surface area contributed by atoms with Crippen LogP contribution in [0.4, 0.5) is 14.6 Å². The number of morpholine rings is 1. The van der Waals surface area contributed by atoms with Gasteiger partial charge in [-0.05, 0) is 31.2 Å². The van der Waals surface area contributed by atoms with Crippen LogP contribution in [0.3, 0.4) is 0 Å². The molecule has 3 heterocycles. The van der Waals surface area contributed by atoms with Crippen LogP contribution in [0.2, 0.25) is 0 Å². The SMILES string of the molecule is CCOC(=O)c1cnn2ccc(N3CCOCC3c3cc(F)ccc3F)nc12. The minimum atomic E-state index is -0.548. The Kier molecular flexibility index (Phi) is 4.91. The fourth-order valence-corrected chi connectivity index (χ4v) is 3.28. The molecular weight excluding hydrogens is 370 g/mol. The average Bonchev–Trinajstić information content (AvgIpc) is 3.13. The maximum Gasteiger partial charge on any atom is 0.343 e. The van der Waals surface area contributed by atoms with E-state index in [1.165, 1.54) is 16.8 Å². The highest BCUT2D eigenvalue weighted by atomic mass is 19.1. The van der Waals surface area contributed by atoms with E-state index in [0.29, 0.717) is 24.6 Å². The van der Waals surface area contributed by atoms with Crippen LogP contribution in [0.5, 0.6) is 0 Å². The van der Waals surface area contributed by atoms with Crippen molar-refractivity contribution in [1.82, 2.24) is 14.6 Å². The van der Waals surface area contributed by atoms with E-state index in [9.17, 15) is 13.6 Å². The number of aromatic nitrogens is 3. The third-order valence-corrected chi connectivity index (χ3v) is 4.59. The van der Waals surface area contributed by atoms with E-state index >= 15 is 0 Å². The summed E-state index contributed by atoms with van der Waals surface area (Å²) in [5, 5.41) is 4.11. The highest BCUT2D eigenvalue weighted by Gasteiger charge is 2.29. The zero-order valence-electron chi connectivity index (χ0n) is 15.1. The van der Waals surface area contributed by atoms with Gasteiger partial charge in [0.2, 0.25) is 0 Å². The lowest BCUT2D eigenvalue weighted by Gasteiger charge is -2.36. The first-order valence-corrected chi connectivity index (χ1v) is 8.89. The van der Waals surface area contributed by atoms with Gasteiger partial charge in [-0.1, -0.05) is 0 Å². The molecule has 0 saturated carbocycles. The molecule has 7 nitrogen and oxygen atoms in total. The summed E-state index contributed by atoms with van der Waals surface area (Å²) in [5.74, 6) is -1.04. The van der Waals surface area contributed by atoms with Gasteiger partial charge >= 0.3 is 5.97 Å². The van der Waals surface area contributed by atoms with Crippen molar-refractivity contribution in [3.05, 3.63) is 59.4 Å². The van der Waals surface area contributed by atoms with Gasteiger partial charge in [0.15, 0.2) is 5.65 Å². The Labute approximate surface area is 159 Å². The van der Waals surface area contributed by atoms with Crippen molar-refractivity contribution in [1.29, 1.82) is 0 Å². The molecule has 3 aromatic rings. The number of carbonyl (C=O) groups is 1. The molecule has 28 heavy (non-hydrogen) atoms. The number of fused-ring (bicyclic) bond motifs is 1. The Morgan fingerprint density at radius 3 is 3.04 bits per heavy atom. The Balaban J connectivity index is 1.75. The molecule has 2 aromatic heterocycles. The van der Waals surface area contributed by atoms with Crippen LogP contribution in [0.25, 0.3) is 5.65 Å². The number of hydrogen-bond acceptors (Lipinski definition) is 6. The Morgan fingerprint density at radius 2 is 2.21 bits per heavy atom. The molecule has 0 spiro atoms. The predicted octanol–water partition coefficient (Wildman–Crippen LogP) is 2.76. The Hall–Kier alpha value is -3.07. The van der Waals surface area contributed by atoms with Crippen LogP contribution < -0.4 is 4.90 Å². The van der Waals surface area contributed by atoms with Crippen molar-refractivity contribution in [2.75, 3.05) is 31.3 Å². The maximum absolute atomic E-state index is 14.4. The molecule has 1 atom stereocenters. The van der Waals surface area contributed by atoms with Gasteiger partial charge in [0.1, 0.15) is 23.0 Å². The van der Waals surface area contributed by atoms with Crippen molar-refractivity contribution in [3.8, 4) is 0 Å². The molecule has 0 bridgehead atoms. The first kappa shape index (κ1) is 18.3. The molecule has 1 aliphatic rings. The molecule has 1 saturated heterocycles. The summed E-state index contributed by atoms with van der Waals surface area (Å²) in [6.07, 6.45) is 3.06. The number of esters is 1. The van der Waals surface area contributed by atoms with Gasteiger partial charge in [-0.25, -0.2) is 23.1 Å². The van der Waals surface area contributed by atoms with Crippen molar-refractivity contribution in [2.24, 2.45) is 0 Å². The summed E-state index contributed by atoms with van der Waals surface area (Å²) in [4.78, 5) is 18.5. The summed E-state index contributed by atoms with van der Waals surface area (Å²) in [6.45, 7) is 3.00. The second kappa shape index (κ2) is 7.51. The zero-order chi connectivity index (χ0) is 19.7. The van der Waals surface area contributed by atoms with Crippen LogP contribution in [0.15, 0.2) is 36.7 Å². The fourth-order valence-electron chi connectivity index (χ4n) is 3.28. The normalized spacial score (nSPS) is 17.1. The third-order valence-electron chi connectivity index (χ3n) is 4.59. The van der Waals surface area contributed by atoms with Gasteiger partial charge in [-0.3, -0.25) is 0 Å². The predicted molar refractivity (Wildman–Crippen MR) is 96.2 cm³/mol. The number of ether oxygens (including phenoxy) is 2. The first-order chi connectivity index (χ1) is 13.6.